The number of amides is 1. The van der Waals surface area contributed by atoms with Crippen LogP contribution >= 0.6 is 12.4 Å². The van der Waals surface area contributed by atoms with Crippen molar-refractivity contribution in [3.8, 4) is 0 Å². The summed E-state index contributed by atoms with van der Waals surface area (Å²) in [5, 5.41) is 5.83. The van der Waals surface area contributed by atoms with E-state index in [2.05, 4.69) is 10.6 Å². The minimum Gasteiger partial charge on any atom is -0.375 e. The summed E-state index contributed by atoms with van der Waals surface area (Å²) in [5.41, 5.74) is 5.27. The Morgan fingerprint density at radius 1 is 1.71 bits per heavy atom. The van der Waals surface area contributed by atoms with Crippen molar-refractivity contribution in [1.29, 1.82) is 0 Å². The van der Waals surface area contributed by atoms with Crippen molar-refractivity contribution in [3.05, 3.63) is 0 Å². The second kappa shape index (κ2) is 7.00. The van der Waals surface area contributed by atoms with E-state index in [9.17, 15) is 4.79 Å². The Morgan fingerprint density at radius 2 is 2.43 bits per heavy atom. The minimum absolute atomic E-state index is 0. The molecule has 5 nitrogen and oxygen atoms in total. The van der Waals surface area contributed by atoms with E-state index in [-0.39, 0.29) is 30.5 Å². The number of carbonyl (C=O) groups excluding carboxylic acids is 1. The van der Waals surface area contributed by atoms with Crippen LogP contribution < -0.4 is 16.4 Å². The van der Waals surface area contributed by atoms with Crippen molar-refractivity contribution >= 4 is 18.3 Å². The van der Waals surface area contributed by atoms with Crippen LogP contribution in [0.25, 0.3) is 0 Å². The van der Waals surface area contributed by atoms with Crippen molar-refractivity contribution in [2.75, 3.05) is 26.2 Å². The van der Waals surface area contributed by atoms with Crippen LogP contribution in [0, 0.1) is 0 Å². The Bertz CT molecular complexity index is 180. The van der Waals surface area contributed by atoms with Crippen molar-refractivity contribution in [2.24, 2.45) is 5.73 Å². The highest BCUT2D eigenvalue weighted by atomic mass is 35.5. The summed E-state index contributed by atoms with van der Waals surface area (Å²) in [5.74, 6) is -0.0300. The molecule has 6 heteroatoms. The van der Waals surface area contributed by atoms with Crippen molar-refractivity contribution in [3.63, 3.8) is 0 Å². The number of halogens is 1. The van der Waals surface area contributed by atoms with Gasteiger partial charge in [0.15, 0.2) is 0 Å². The van der Waals surface area contributed by atoms with Crippen molar-refractivity contribution < 1.29 is 9.53 Å². The average molecular weight is 224 g/mol. The van der Waals surface area contributed by atoms with Gasteiger partial charge in [-0.05, 0) is 6.92 Å². The smallest absolute Gasteiger partial charge is 0.239 e. The fraction of sp³-hybridized carbons (Fsp3) is 0.875. The number of ether oxygens (including phenoxy) is 1. The molecule has 2 atom stereocenters. The van der Waals surface area contributed by atoms with E-state index in [4.69, 9.17) is 10.5 Å². The molecule has 1 heterocycles. The summed E-state index contributed by atoms with van der Waals surface area (Å²) in [7, 11) is 0. The number of nitrogens with one attached hydrogen (secondary N) is 2. The van der Waals surface area contributed by atoms with Gasteiger partial charge in [-0.1, -0.05) is 0 Å². The van der Waals surface area contributed by atoms with Crippen LogP contribution in [0.5, 0.6) is 0 Å². The molecule has 0 aromatic rings. The quantitative estimate of drug-likeness (QED) is 0.566. The first kappa shape index (κ1) is 13.6. The van der Waals surface area contributed by atoms with E-state index in [1.165, 1.54) is 0 Å². The molecule has 84 valence electrons. The Kier molecular flexibility index (Phi) is 6.82. The largest absolute Gasteiger partial charge is 0.375 e. The van der Waals surface area contributed by atoms with E-state index >= 15 is 0 Å². The second-order valence-electron chi connectivity index (χ2n) is 3.09. The third kappa shape index (κ3) is 3.79. The van der Waals surface area contributed by atoms with Crippen LogP contribution in [-0.4, -0.2) is 44.3 Å². The lowest BCUT2D eigenvalue weighted by Crippen LogP contribution is -2.55. The van der Waals surface area contributed by atoms with Gasteiger partial charge in [-0.3, -0.25) is 4.79 Å². The van der Waals surface area contributed by atoms with E-state index in [0.29, 0.717) is 19.7 Å². The molecule has 0 aromatic carbocycles. The highest BCUT2D eigenvalue weighted by Gasteiger charge is 2.27. The maximum atomic E-state index is 11.5. The molecule has 1 aliphatic heterocycles. The monoisotopic (exact) mass is 223 g/mol. The van der Waals surface area contributed by atoms with Crippen LogP contribution in [0.3, 0.4) is 0 Å². The van der Waals surface area contributed by atoms with Gasteiger partial charge in [0.05, 0.1) is 12.7 Å². The Labute approximate surface area is 90.2 Å². The van der Waals surface area contributed by atoms with Crippen LogP contribution in [0.2, 0.25) is 0 Å². The van der Waals surface area contributed by atoms with Gasteiger partial charge in [0.2, 0.25) is 5.91 Å². The van der Waals surface area contributed by atoms with Gasteiger partial charge >= 0.3 is 0 Å². The van der Waals surface area contributed by atoms with Gasteiger partial charge < -0.3 is 21.1 Å². The number of rotatable bonds is 3. The van der Waals surface area contributed by atoms with Gasteiger partial charge in [-0.2, -0.15) is 0 Å². The molecule has 0 saturated carbocycles. The minimum atomic E-state index is -0.236. The van der Waals surface area contributed by atoms with Gasteiger partial charge in [-0.15, -0.1) is 12.4 Å². The van der Waals surface area contributed by atoms with Gasteiger partial charge in [0, 0.05) is 19.6 Å². The molecule has 1 saturated heterocycles. The lowest BCUT2D eigenvalue weighted by molar-refractivity contribution is -0.128. The lowest BCUT2D eigenvalue weighted by atomic mass is 10.1. The molecule has 4 N–H and O–H groups in total. The number of carbonyl (C=O) groups is 1. The molecular weight excluding hydrogens is 206 g/mol. The van der Waals surface area contributed by atoms with Crippen molar-refractivity contribution in [2.45, 2.75) is 19.1 Å². The highest BCUT2D eigenvalue weighted by Crippen LogP contribution is 2.03. The fourth-order valence-electron chi connectivity index (χ4n) is 1.33. The normalized spacial score (nSPS) is 26.4. The molecule has 1 rings (SSSR count). The van der Waals surface area contributed by atoms with E-state index in [0.717, 1.165) is 6.54 Å². The van der Waals surface area contributed by atoms with Gasteiger partial charge in [0.25, 0.3) is 0 Å². The van der Waals surface area contributed by atoms with Crippen LogP contribution in [0.1, 0.15) is 6.92 Å². The van der Waals surface area contributed by atoms with Crippen LogP contribution in [-0.2, 0) is 9.53 Å². The van der Waals surface area contributed by atoms with E-state index < -0.39 is 0 Å². The fourth-order valence-corrected chi connectivity index (χ4v) is 1.33. The summed E-state index contributed by atoms with van der Waals surface area (Å²) < 4.78 is 5.34. The maximum Gasteiger partial charge on any atom is 0.239 e. The van der Waals surface area contributed by atoms with E-state index in [1.54, 1.807) is 0 Å². The molecule has 1 fully saturated rings. The van der Waals surface area contributed by atoms with Crippen molar-refractivity contribution in [1.82, 2.24) is 10.6 Å². The molecule has 0 bridgehead atoms. The topological polar surface area (TPSA) is 76.4 Å². The zero-order chi connectivity index (χ0) is 9.68. The number of nitrogens with two attached hydrogens (primary N) is 1. The Morgan fingerprint density at radius 3 is 3.00 bits per heavy atom. The Hall–Kier alpha value is -0.360. The number of hydrogen-bond donors (Lipinski definition) is 3. The molecule has 0 radical (unpaired) electrons. The number of morpholine rings is 1. The molecule has 0 unspecified atom stereocenters. The lowest BCUT2D eigenvalue weighted by Gasteiger charge is -2.29. The third-order valence-corrected chi connectivity index (χ3v) is 2.04. The molecule has 1 aliphatic rings. The zero-order valence-electron chi connectivity index (χ0n) is 8.29. The first-order chi connectivity index (χ1) is 6.25. The molecular formula is C8H18ClN3O2. The molecule has 1 amide bonds. The summed E-state index contributed by atoms with van der Waals surface area (Å²) >= 11 is 0. The van der Waals surface area contributed by atoms with Crippen LogP contribution in [0.15, 0.2) is 0 Å². The highest BCUT2D eigenvalue weighted by molar-refractivity contribution is 5.85. The maximum absolute atomic E-state index is 11.5. The second-order valence-corrected chi connectivity index (χ2v) is 3.09. The predicted octanol–water partition coefficient (Wildman–Crippen LogP) is -1.14. The Balaban J connectivity index is 0.00000169. The molecule has 0 aromatic heterocycles. The average Bonchev–Trinajstić information content (AvgIpc) is 2.15. The van der Waals surface area contributed by atoms with Gasteiger partial charge in [0.1, 0.15) is 6.04 Å². The number of hydrogen-bond acceptors (Lipinski definition) is 4. The molecule has 14 heavy (non-hydrogen) atoms. The predicted molar refractivity (Wildman–Crippen MR) is 56.5 cm³/mol. The van der Waals surface area contributed by atoms with Gasteiger partial charge in [-0.25, -0.2) is 0 Å². The zero-order valence-corrected chi connectivity index (χ0v) is 9.10. The summed E-state index contributed by atoms with van der Waals surface area (Å²) in [6.07, 6.45) is -0.0634. The SMILES string of the molecule is C[C@H]1OCCN[C@@H]1C(=O)NCCN.Cl. The third-order valence-electron chi connectivity index (χ3n) is 2.04. The summed E-state index contributed by atoms with van der Waals surface area (Å²) in [6.45, 7) is 4.27. The molecule has 0 spiro atoms. The summed E-state index contributed by atoms with van der Waals surface area (Å²) in [6, 6.07) is -0.236. The molecule has 0 aliphatic carbocycles. The first-order valence-corrected chi connectivity index (χ1v) is 4.58. The standard InChI is InChI=1S/C8H17N3O2.ClH/c1-6-7(10-4-5-13-6)8(12)11-3-2-9;/h6-7,10H,2-5,9H2,1H3,(H,11,12);1H/t6-,7+;/m1./s1. The summed E-state index contributed by atoms with van der Waals surface area (Å²) in [4.78, 5) is 11.5. The first-order valence-electron chi connectivity index (χ1n) is 4.58. The van der Waals surface area contributed by atoms with E-state index in [1.807, 2.05) is 6.92 Å². The van der Waals surface area contributed by atoms with Crippen LogP contribution in [0.4, 0.5) is 0 Å².